The highest BCUT2D eigenvalue weighted by Crippen LogP contribution is 2.13. The maximum Gasteiger partial charge on any atom is 0.180 e. The van der Waals surface area contributed by atoms with E-state index in [9.17, 15) is 8.42 Å². The smallest absolute Gasteiger partial charge is 0.180 e. The van der Waals surface area contributed by atoms with Gasteiger partial charge in [-0.15, -0.1) is 0 Å². The van der Waals surface area contributed by atoms with Crippen LogP contribution >= 0.6 is 0 Å². The number of nitrogen functional groups attached to an aromatic ring is 1. The second kappa shape index (κ2) is 6.42. The van der Waals surface area contributed by atoms with Crippen LogP contribution in [-0.2, 0) is 9.84 Å². The van der Waals surface area contributed by atoms with Gasteiger partial charge in [0.15, 0.2) is 9.84 Å². The molecule has 1 aromatic rings. The highest BCUT2D eigenvalue weighted by Gasteiger charge is 2.12. The van der Waals surface area contributed by atoms with Gasteiger partial charge in [-0.2, -0.15) is 0 Å². The third-order valence-electron chi connectivity index (χ3n) is 1.58. The summed E-state index contributed by atoms with van der Waals surface area (Å²) in [5.74, 6) is -0.267. The van der Waals surface area contributed by atoms with Crippen molar-refractivity contribution in [1.82, 2.24) is 0 Å². The first-order chi connectivity index (χ1) is 7.06. The number of aliphatic hydroxyl groups is 1. The molecule has 0 aliphatic rings. The van der Waals surface area contributed by atoms with Crippen LogP contribution in [0.4, 0.5) is 5.69 Å². The molecule has 15 heavy (non-hydrogen) atoms. The summed E-state index contributed by atoms with van der Waals surface area (Å²) >= 11 is 0. The Kier molecular flexibility index (Phi) is 5.96. The fourth-order valence-electron chi connectivity index (χ4n) is 0.946. The van der Waals surface area contributed by atoms with Crippen molar-refractivity contribution in [3.05, 3.63) is 24.3 Å². The summed E-state index contributed by atoms with van der Waals surface area (Å²) in [6.07, 6.45) is 0. The van der Waals surface area contributed by atoms with Crippen molar-refractivity contribution >= 4 is 15.5 Å². The van der Waals surface area contributed by atoms with Gasteiger partial charge in [0.2, 0.25) is 0 Å². The minimum atomic E-state index is -3.36. The molecule has 0 aromatic heterocycles. The molecule has 0 saturated carbocycles. The average Bonchev–Trinajstić information content (AvgIpc) is 2.21. The maximum absolute atomic E-state index is 11.4. The Hall–Kier alpha value is -1.07. The molecule has 0 unspecified atom stereocenters. The molecule has 1 aromatic carbocycles. The van der Waals surface area contributed by atoms with Gasteiger partial charge in [0.1, 0.15) is 0 Å². The minimum absolute atomic E-state index is 0.154. The molecular weight excluding hydrogens is 214 g/mol. The van der Waals surface area contributed by atoms with Gasteiger partial charge in [0, 0.05) is 5.69 Å². The monoisotopic (exact) mass is 231 g/mol. The first-order valence-corrected chi connectivity index (χ1v) is 6.40. The lowest BCUT2D eigenvalue weighted by Crippen LogP contribution is -2.10. The summed E-state index contributed by atoms with van der Waals surface area (Å²) in [5, 5.41) is 8.52. The van der Waals surface area contributed by atoms with E-state index in [1.54, 1.807) is 12.1 Å². The molecule has 0 fully saturated rings. The van der Waals surface area contributed by atoms with Gasteiger partial charge in [-0.1, -0.05) is 19.9 Å². The molecule has 3 N–H and O–H groups in total. The Morgan fingerprint density at radius 1 is 1.33 bits per heavy atom. The number of anilines is 1. The number of nitrogens with two attached hydrogens (primary N) is 1. The van der Waals surface area contributed by atoms with E-state index in [0.29, 0.717) is 5.69 Å². The molecule has 86 valence electrons. The van der Waals surface area contributed by atoms with E-state index in [1.165, 1.54) is 12.1 Å². The zero-order valence-corrected chi connectivity index (χ0v) is 9.79. The largest absolute Gasteiger partial charge is 0.399 e. The topological polar surface area (TPSA) is 80.4 Å². The number of aliphatic hydroxyl groups excluding tert-OH is 1. The molecule has 0 heterocycles. The predicted molar refractivity (Wildman–Crippen MR) is 61.3 cm³/mol. The quantitative estimate of drug-likeness (QED) is 0.762. The van der Waals surface area contributed by atoms with Gasteiger partial charge < -0.3 is 10.8 Å². The van der Waals surface area contributed by atoms with Crippen LogP contribution < -0.4 is 5.73 Å². The van der Waals surface area contributed by atoms with E-state index < -0.39 is 9.84 Å². The van der Waals surface area contributed by atoms with Gasteiger partial charge in [0.05, 0.1) is 17.3 Å². The number of hydrogen-bond donors (Lipinski definition) is 2. The molecule has 5 heteroatoms. The van der Waals surface area contributed by atoms with Crippen LogP contribution in [0.5, 0.6) is 0 Å². The highest BCUT2D eigenvalue weighted by atomic mass is 32.2. The van der Waals surface area contributed by atoms with E-state index >= 15 is 0 Å². The molecular formula is C10H17NO3S. The molecule has 1 rings (SSSR count). The van der Waals surface area contributed by atoms with Crippen LogP contribution in [0.1, 0.15) is 13.8 Å². The second-order valence-corrected chi connectivity index (χ2v) is 4.72. The molecule has 0 aliphatic heterocycles. The number of rotatable bonds is 3. The fraction of sp³-hybridized carbons (Fsp3) is 0.400. The first-order valence-electron chi connectivity index (χ1n) is 4.75. The van der Waals surface area contributed by atoms with Crippen LogP contribution in [0, 0.1) is 0 Å². The zero-order chi connectivity index (χ0) is 11.9. The third kappa shape index (κ3) is 4.31. The summed E-state index contributed by atoms with van der Waals surface area (Å²) in [7, 11) is -3.36. The van der Waals surface area contributed by atoms with Crippen molar-refractivity contribution in [2.45, 2.75) is 18.7 Å². The van der Waals surface area contributed by atoms with E-state index in [0.717, 1.165) is 0 Å². The summed E-state index contributed by atoms with van der Waals surface area (Å²) in [6.45, 7) is 3.62. The van der Waals surface area contributed by atoms with Crippen molar-refractivity contribution in [3.63, 3.8) is 0 Å². The Morgan fingerprint density at radius 2 is 1.93 bits per heavy atom. The standard InChI is InChI=1S/C8H11NO3S.C2H6/c9-7-2-1-3-8(6-7)13(11,12)5-4-10;1-2/h1-3,6,10H,4-5,9H2;1-2H3. The van der Waals surface area contributed by atoms with Crippen molar-refractivity contribution < 1.29 is 13.5 Å². The van der Waals surface area contributed by atoms with Gasteiger partial charge >= 0.3 is 0 Å². The van der Waals surface area contributed by atoms with Crippen molar-refractivity contribution in [2.75, 3.05) is 18.1 Å². The van der Waals surface area contributed by atoms with Crippen LogP contribution in [-0.4, -0.2) is 25.9 Å². The van der Waals surface area contributed by atoms with E-state index in [4.69, 9.17) is 10.8 Å². The maximum atomic E-state index is 11.4. The molecule has 0 amide bonds. The number of benzene rings is 1. The van der Waals surface area contributed by atoms with Crippen LogP contribution in [0.25, 0.3) is 0 Å². The number of sulfone groups is 1. The second-order valence-electron chi connectivity index (χ2n) is 2.61. The molecule has 0 saturated heterocycles. The Bertz CT molecular complexity index is 387. The lowest BCUT2D eigenvalue weighted by Gasteiger charge is -2.02. The van der Waals surface area contributed by atoms with E-state index in [1.807, 2.05) is 13.8 Å². The molecule has 4 nitrogen and oxygen atoms in total. The highest BCUT2D eigenvalue weighted by molar-refractivity contribution is 7.91. The minimum Gasteiger partial charge on any atom is -0.399 e. The van der Waals surface area contributed by atoms with E-state index in [2.05, 4.69) is 0 Å². The van der Waals surface area contributed by atoms with Crippen molar-refractivity contribution in [3.8, 4) is 0 Å². The van der Waals surface area contributed by atoms with Crippen molar-refractivity contribution in [2.24, 2.45) is 0 Å². The summed E-state index contributed by atoms with van der Waals surface area (Å²) in [4.78, 5) is 0.154. The summed E-state index contributed by atoms with van der Waals surface area (Å²) in [5.41, 5.74) is 5.83. The molecule has 0 spiro atoms. The van der Waals surface area contributed by atoms with Crippen molar-refractivity contribution in [1.29, 1.82) is 0 Å². The lowest BCUT2D eigenvalue weighted by atomic mass is 10.3. The fourth-order valence-corrected chi connectivity index (χ4v) is 2.02. The predicted octanol–water partition coefficient (Wildman–Crippen LogP) is 1.06. The molecule has 0 atom stereocenters. The van der Waals surface area contributed by atoms with Gasteiger partial charge in [-0.25, -0.2) is 8.42 Å². The summed E-state index contributed by atoms with van der Waals surface area (Å²) < 4.78 is 22.7. The lowest BCUT2D eigenvalue weighted by molar-refractivity contribution is 0.319. The van der Waals surface area contributed by atoms with Crippen LogP contribution in [0.15, 0.2) is 29.2 Å². The summed E-state index contributed by atoms with van der Waals surface area (Å²) in [6, 6.07) is 6.02. The SMILES string of the molecule is CC.Nc1cccc(S(=O)(=O)CCO)c1. The molecule has 0 radical (unpaired) electrons. The third-order valence-corrected chi connectivity index (χ3v) is 3.27. The van der Waals surface area contributed by atoms with Crippen LogP contribution in [0.3, 0.4) is 0 Å². The zero-order valence-electron chi connectivity index (χ0n) is 8.97. The average molecular weight is 231 g/mol. The normalized spacial score (nSPS) is 10.3. The number of hydrogen-bond acceptors (Lipinski definition) is 4. The first kappa shape index (κ1) is 13.9. The van der Waals surface area contributed by atoms with Gasteiger partial charge in [0.25, 0.3) is 0 Å². The van der Waals surface area contributed by atoms with E-state index in [-0.39, 0.29) is 17.3 Å². The molecule has 0 bridgehead atoms. The Morgan fingerprint density at radius 3 is 2.40 bits per heavy atom. The Labute approximate surface area is 90.7 Å². The van der Waals surface area contributed by atoms with Gasteiger partial charge in [-0.05, 0) is 18.2 Å². The van der Waals surface area contributed by atoms with Gasteiger partial charge in [-0.3, -0.25) is 0 Å². The molecule has 0 aliphatic carbocycles. The van der Waals surface area contributed by atoms with Crippen LogP contribution in [0.2, 0.25) is 0 Å². The Balaban J connectivity index is 0.000000921.